The number of hydrogen-bond donors (Lipinski definition) is 2. The molecule has 2 heterocycles. The Bertz CT molecular complexity index is 560. The summed E-state index contributed by atoms with van der Waals surface area (Å²) >= 11 is 5.72. The van der Waals surface area contributed by atoms with E-state index < -0.39 is 0 Å². The maximum absolute atomic E-state index is 11.8. The number of amides is 1. The van der Waals surface area contributed by atoms with E-state index in [0.717, 1.165) is 0 Å². The van der Waals surface area contributed by atoms with Crippen LogP contribution in [0.15, 0.2) is 18.6 Å². The van der Waals surface area contributed by atoms with E-state index in [4.69, 9.17) is 17.3 Å². The first-order chi connectivity index (χ1) is 8.56. The molecule has 7 nitrogen and oxygen atoms in total. The van der Waals surface area contributed by atoms with Crippen LogP contribution in [0.5, 0.6) is 0 Å². The number of anilines is 1. The van der Waals surface area contributed by atoms with E-state index in [2.05, 4.69) is 15.5 Å². The minimum Gasteiger partial charge on any atom is -0.396 e. The summed E-state index contributed by atoms with van der Waals surface area (Å²) in [6.07, 6.45) is 4.81. The first-order valence-corrected chi connectivity index (χ1v) is 5.69. The highest BCUT2D eigenvalue weighted by molar-refractivity contribution is 6.30. The molecule has 0 saturated carbocycles. The van der Waals surface area contributed by atoms with Crippen molar-refractivity contribution in [2.75, 3.05) is 12.3 Å². The normalized spacial score (nSPS) is 10.6. The van der Waals surface area contributed by atoms with Crippen LogP contribution in [-0.2, 0) is 13.6 Å². The standard InChI is InChI=1S/C10H13ClN6O/c1-16-6-8(12)9(15-16)10(18)13-2-3-17-5-7(11)4-14-17/h4-6H,2-3,12H2,1H3,(H,13,18). The molecule has 0 radical (unpaired) electrons. The zero-order valence-corrected chi connectivity index (χ0v) is 10.6. The van der Waals surface area contributed by atoms with Gasteiger partial charge in [-0.15, -0.1) is 0 Å². The lowest BCUT2D eigenvalue weighted by Gasteiger charge is -2.03. The van der Waals surface area contributed by atoms with Crippen LogP contribution in [0.25, 0.3) is 0 Å². The lowest BCUT2D eigenvalue weighted by Crippen LogP contribution is -2.28. The van der Waals surface area contributed by atoms with E-state index in [9.17, 15) is 4.79 Å². The molecule has 2 rings (SSSR count). The number of rotatable bonds is 4. The van der Waals surface area contributed by atoms with Crippen LogP contribution in [0.4, 0.5) is 5.69 Å². The van der Waals surface area contributed by atoms with Crippen molar-refractivity contribution in [1.29, 1.82) is 0 Å². The van der Waals surface area contributed by atoms with Gasteiger partial charge in [-0.3, -0.25) is 14.2 Å². The molecule has 0 saturated heterocycles. The maximum atomic E-state index is 11.8. The van der Waals surface area contributed by atoms with Crippen molar-refractivity contribution in [1.82, 2.24) is 24.9 Å². The fourth-order valence-electron chi connectivity index (χ4n) is 1.51. The largest absolute Gasteiger partial charge is 0.396 e. The van der Waals surface area contributed by atoms with Crippen molar-refractivity contribution in [2.45, 2.75) is 6.54 Å². The first-order valence-electron chi connectivity index (χ1n) is 5.31. The molecule has 0 fully saturated rings. The van der Waals surface area contributed by atoms with Gasteiger partial charge < -0.3 is 11.1 Å². The fraction of sp³-hybridized carbons (Fsp3) is 0.300. The minimum absolute atomic E-state index is 0.232. The van der Waals surface area contributed by atoms with Crippen LogP contribution in [0.3, 0.4) is 0 Å². The molecule has 0 aliphatic heterocycles. The summed E-state index contributed by atoms with van der Waals surface area (Å²) < 4.78 is 3.14. The first kappa shape index (κ1) is 12.4. The molecule has 0 aliphatic rings. The smallest absolute Gasteiger partial charge is 0.274 e. The fourth-order valence-corrected chi connectivity index (χ4v) is 1.67. The van der Waals surface area contributed by atoms with Gasteiger partial charge in [-0.2, -0.15) is 10.2 Å². The second-order valence-electron chi connectivity index (χ2n) is 3.78. The van der Waals surface area contributed by atoms with E-state index in [0.29, 0.717) is 23.8 Å². The Morgan fingerprint density at radius 2 is 2.33 bits per heavy atom. The van der Waals surface area contributed by atoms with Gasteiger partial charge >= 0.3 is 0 Å². The molecule has 3 N–H and O–H groups in total. The number of hydrogen-bond acceptors (Lipinski definition) is 4. The Kier molecular flexibility index (Phi) is 3.52. The Balaban J connectivity index is 1.87. The summed E-state index contributed by atoms with van der Waals surface area (Å²) in [5.41, 5.74) is 6.24. The zero-order chi connectivity index (χ0) is 13.1. The van der Waals surface area contributed by atoms with Crippen LogP contribution < -0.4 is 11.1 Å². The summed E-state index contributed by atoms with van der Waals surface area (Å²) in [6.45, 7) is 0.956. The van der Waals surface area contributed by atoms with Gasteiger partial charge in [0.15, 0.2) is 5.69 Å². The SMILES string of the molecule is Cn1cc(N)c(C(=O)NCCn2cc(Cl)cn2)n1. The van der Waals surface area contributed by atoms with Gasteiger partial charge in [-0.05, 0) is 0 Å². The van der Waals surface area contributed by atoms with Gasteiger partial charge in [0.1, 0.15) is 0 Å². The second-order valence-corrected chi connectivity index (χ2v) is 4.22. The number of aromatic nitrogens is 4. The molecule has 0 aliphatic carbocycles. The number of nitrogen functional groups attached to an aromatic ring is 1. The average Bonchev–Trinajstić information content (AvgIpc) is 2.85. The number of aryl methyl sites for hydroxylation is 1. The summed E-state index contributed by atoms with van der Waals surface area (Å²) in [7, 11) is 1.71. The number of halogens is 1. The molecular formula is C10H13ClN6O. The molecule has 0 aromatic carbocycles. The highest BCUT2D eigenvalue weighted by Crippen LogP contribution is 2.07. The molecule has 18 heavy (non-hydrogen) atoms. The third-order valence-electron chi connectivity index (χ3n) is 2.30. The quantitative estimate of drug-likeness (QED) is 0.833. The highest BCUT2D eigenvalue weighted by atomic mass is 35.5. The summed E-state index contributed by atoms with van der Waals surface area (Å²) in [4.78, 5) is 11.8. The number of nitrogens with zero attached hydrogens (tertiary/aromatic N) is 4. The van der Waals surface area contributed by atoms with Gasteiger partial charge in [-0.1, -0.05) is 11.6 Å². The van der Waals surface area contributed by atoms with Crippen molar-refractivity contribution in [3.63, 3.8) is 0 Å². The Labute approximate surface area is 109 Å². The highest BCUT2D eigenvalue weighted by Gasteiger charge is 2.13. The van der Waals surface area contributed by atoms with E-state index in [1.54, 1.807) is 30.3 Å². The van der Waals surface area contributed by atoms with Crippen LogP contribution in [0.1, 0.15) is 10.5 Å². The number of carbonyl (C=O) groups excluding carboxylic acids is 1. The van der Waals surface area contributed by atoms with Crippen LogP contribution in [-0.4, -0.2) is 32.0 Å². The van der Waals surface area contributed by atoms with Gasteiger partial charge in [0.2, 0.25) is 0 Å². The third-order valence-corrected chi connectivity index (χ3v) is 2.50. The monoisotopic (exact) mass is 268 g/mol. The van der Waals surface area contributed by atoms with E-state index in [1.165, 1.54) is 4.68 Å². The molecule has 0 spiro atoms. The third kappa shape index (κ3) is 2.80. The Hall–Kier alpha value is -2.02. The lowest BCUT2D eigenvalue weighted by atomic mass is 10.3. The van der Waals surface area contributed by atoms with E-state index in [1.807, 2.05) is 0 Å². The van der Waals surface area contributed by atoms with Gasteiger partial charge in [-0.25, -0.2) is 0 Å². The van der Waals surface area contributed by atoms with Gasteiger partial charge in [0, 0.05) is 26.0 Å². The van der Waals surface area contributed by atoms with Gasteiger partial charge in [0.25, 0.3) is 5.91 Å². The van der Waals surface area contributed by atoms with Crippen molar-refractivity contribution >= 4 is 23.2 Å². The maximum Gasteiger partial charge on any atom is 0.274 e. The molecule has 2 aromatic rings. The van der Waals surface area contributed by atoms with E-state index >= 15 is 0 Å². The number of carbonyl (C=O) groups is 1. The molecule has 96 valence electrons. The summed E-state index contributed by atoms with van der Waals surface area (Å²) in [5, 5.41) is 11.2. The molecule has 1 amide bonds. The van der Waals surface area contributed by atoms with Crippen molar-refractivity contribution < 1.29 is 4.79 Å². The Morgan fingerprint density at radius 3 is 2.89 bits per heavy atom. The molecular weight excluding hydrogens is 256 g/mol. The van der Waals surface area contributed by atoms with E-state index in [-0.39, 0.29) is 11.6 Å². The van der Waals surface area contributed by atoms with Gasteiger partial charge in [0.05, 0.1) is 23.5 Å². The second kappa shape index (κ2) is 5.09. The van der Waals surface area contributed by atoms with Crippen molar-refractivity contribution in [2.24, 2.45) is 7.05 Å². The van der Waals surface area contributed by atoms with Crippen molar-refractivity contribution in [3.8, 4) is 0 Å². The zero-order valence-electron chi connectivity index (χ0n) is 9.80. The predicted molar refractivity (Wildman–Crippen MR) is 67.2 cm³/mol. The lowest BCUT2D eigenvalue weighted by molar-refractivity contribution is 0.0947. The summed E-state index contributed by atoms with van der Waals surface area (Å²) in [6, 6.07) is 0. The van der Waals surface area contributed by atoms with Crippen LogP contribution >= 0.6 is 11.6 Å². The van der Waals surface area contributed by atoms with Crippen LogP contribution in [0.2, 0.25) is 5.02 Å². The predicted octanol–water partition coefficient (Wildman–Crippen LogP) is 0.282. The molecule has 0 atom stereocenters. The number of nitrogens with two attached hydrogens (primary N) is 1. The van der Waals surface area contributed by atoms with Crippen LogP contribution in [0, 0.1) is 0 Å². The minimum atomic E-state index is -0.300. The molecule has 8 heteroatoms. The molecule has 0 bridgehead atoms. The average molecular weight is 269 g/mol. The van der Waals surface area contributed by atoms with Crippen molar-refractivity contribution in [3.05, 3.63) is 29.3 Å². The number of nitrogens with one attached hydrogen (secondary N) is 1. The molecule has 0 unspecified atom stereocenters. The molecule has 2 aromatic heterocycles. The summed E-state index contributed by atoms with van der Waals surface area (Å²) in [5.74, 6) is -0.300. The Morgan fingerprint density at radius 1 is 1.56 bits per heavy atom. The topological polar surface area (TPSA) is 90.8 Å².